The van der Waals surface area contributed by atoms with Crippen LogP contribution in [0.25, 0.3) is 0 Å². The standard InChI is InChI=1S/C15H24N4O/c1-4-11-8-10(9-13(17-11)19-16)14(20)18-12-6-5-7-15(12,2)3/h8-9,12H,4-7,16H2,1-3H3,(H,17,19)(H,18,20). The van der Waals surface area contributed by atoms with Crippen LogP contribution in [0.4, 0.5) is 5.82 Å². The van der Waals surface area contributed by atoms with Crippen molar-refractivity contribution in [3.8, 4) is 0 Å². The van der Waals surface area contributed by atoms with E-state index in [0.29, 0.717) is 11.4 Å². The first kappa shape index (κ1) is 14.8. The zero-order chi connectivity index (χ0) is 14.8. The van der Waals surface area contributed by atoms with Crippen molar-refractivity contribution in [2.24, 2.45) is 11.3 Å². The van der Waals surface area contributed by atoms with E-state index in [4.69, 9.17) is 5.84 Å². The lowest BCUT2D eigenvalue weighted by Crippen LogP contribution is -2.41. The van der Waals surface area contributed by atoms with Gasteiger partial charge < -0.3 is 10.7 Å². The number of nitrogens with one attached hydrogen (secondary N) is 2. The lowest BCUT2D eigenvalue weighted by atomic mass is 9.87. The highest BCUT2D eigenvalue weighted by Gasteiger charge is 2.35. The molecule has 1 unspecified atom stereocenters. The van der Waals surface area contributed by atoms with Gasteiger partial charge in [-0.15, -0.1) is 0 Å². The van der Waals surface area contributed by atoms with E-state index in [1.54, 1.807) is 6.07 Å². The molecule has 2 rings (SSSR count). The van der Waals surface area contributed by atoms with Crippen LogP contribution in [-0.2, 0) is 6.42 Å². The van der Waals surface area contributed by atoms with Crippen molar-refractivity contribution in [3.05, 3.63) is 23.4 Å². The second-order valence-electron chi connectivity index (χ2n) is 6.14. The number of rotatable bonds is 4. The molecule has 0 aromatic carbocycles. The fraction of sp³-hybridized carbons (Fsp3) is 0.600. The van der Waals surface area contributed by atoms with E-state index in [-0.39, 0.29) is 17.4 Å². The predicted octanol–water partition coefficient (Wildman–Crippen LogP) is 2.24. The molecule has 1 aliphatic rings. The van der Waals surface area contributed by atoms with Crippen LogP contribution < -0.4 is 16.6 Å². The maximum absolute atomic E-state index is 12.4. The van der Waals surface area contributed by atoms with Crippen molar-refractivity contribution < 1.29 is 4.79 Å². The number of aryl methyl sites for hydroxylation is 1. The third-order valence-corrected chi connectivity index (χ3v) is 4.21. The fourth-order valence-corrected chi connectivity index (χ4v) is 2.81. The zero-order valence-electron chi connectivity index (χ0n) is 12.5. The average molecular weight is 276 g/mol. The van der Waals surface area contributed by atoms with E-state index in [1.165, 1.54) is 6.42 Å². The molecule has 1 atom stereocenters. The third kappa shape index (κ3) is 3.10. The van der Waals surface area contributed by atoms with E-state index in [1.807, 2.05) is 13.0 Å². The lowest BCUT2D eigenvalue weighted by molar-refractivity contribution is 0.0910. The topological polar surface area (TPSA) is 80.0 Å². The van der Waals surface area contributed by atoms with Gasteiger partial charge in [-0.25, -0.2) is 10.8 Å². The second-order valence-corrected chi connectivity index (χ2v) is 6.14. The maximum Gasteiger partial charge on any atom is 0.251 e. The molecule has 0 bridgehead atoms. The Morgan fingerprint density at radius 3 is 2.80 bits per heavy atom. The first-order chi connectivity index (χ1) is 9.46. The number of hydrogen-bond donors (Lipinski definition) is 3. The Balaban J connectivity index is 2.16. The molecule has 0 aliphatic heterocycles. The molecule has 1 amide bonds. The molecular weight excluding hydrogens is 252 g/mol. The summed E-state index contributed by atoms with van der Waals surface area (Å²) in [6, 6.07) is 3.76. The smallest absolute Gasteiger partial charge is 0.251 e. The van der Waals surface area contributed by atoms with Crippen LogP contribution >= 0.6 is 0 Å². The minimum atomic E-state index is -0.0430. The number of nitrogens with zero attached hydrogens (tertiary/aromatic N) is 1. The number of aromatic nitrogens is 1. The van der Waals surface area contributed by atoms with Crippen molar-refractivity contribution in [1.29, 1.82) is 0 Å². The van der Waals surface area contributed by atoms with Crippen LogP contribution in [-0.4, -0.2) is 16.9 Å². The van der Waals surface area contributed by atoms with Gasteiger partial charge in [-0.1, -0.05) is 27.2 Å². The van der Waals surface area contributed by atoms with Crippen LogP contribution in [0.2, 0.25) is 0 Å². The number of hydrazine groups is 1. The van der Waals surface area contributed by atoms with Gasteiger partial charge in [0.05, 0.1) is 0 Å². The van der Waals surface area contributed by atoms with Crippen LogP contribution in [0.15, 0.2) is 12.1 Å². The molecule has 0 saturated heterocycles. The summed E-state index contributed by atoms with van der Waals surface area (Å²) in [4.78, 5) is 16.7. The average Bonchev–Trinajstić information content (AvgIpc) is 2.77. The molecule has 1 saturated carbocycles. The summed E-state index contributed by atoms with van der Waals surface area (Å²) < 4.78 is 0. The van der Waals surface area contributed by atoms with Crippen molar-refractivity contribution in [1.82, 2.24) is 10.3 Å². The summed E-state index contributed by atoms with van der Waals surface area (Å²) in [5.74, 6) is 5.89. The minimum absolute atomic E-state index is 0.0430. The van der Waals surface area contributed by atoms with Crippen molar-refractivity contribution >= 4 is 11.7 Å². The molecule has 1 aromatic rings. The summed E-state index contributed by atoms with van der Waals surface area (Å²) in [6.07, 6.45) is 4.14. The number of nitrogen functional groups attached to an aromatic ring is 1. The molecule has 110 valence electrons. The van der Waals surface area contributed by atoms with Gasteiger partial charge in [0.2, 0.25) is 0 Å². The number of carbonyl (C=O) groups is 1. The Hall–Kier alpha value is -1.62. The van der Waals surface area contributed by atoms with Gasteiger partial charge in [0.25, 0.3) is 5.91 Å². The number of amides is 1. The van der Waals surface area contributed by atoms with Crippen LogP contribution in [0.5, 0.6) is 0 Å². The van der Waals surface area contributed by atoms with Crippen molar-refractivity contribution in [3.63, 3.8) is 0 Å². The molecule has 1 aromatic heterocycles. The molecule has 20 heavy (non-hydrogen) atoms. The van der Waals surface area contributed by atoms with Gasteiger partial charge in [-0.2, -0.15) is 0 Å². The van der Waals surface area contributed by atoms with Gasteiger partial charge in [-0.05, 0) is 36.8 Å². The molecule has 5 heteroatoms. The summed E-state index contributed by atoms with van der Waals surface area (Å²) >= 11 is 0. The van der Waals surface area contributed by atoms with Gasteiger partial charge in [0.15, 0.2) is 0 Å². The highest BCUT2D eigenvalue weighted by Crippen LogP contribution is 2.37. The number of nitrogens with two attached hydrogens (primary N) is 1. The van der Waals surface area contributed by atoms with E-state index in [0.717, 1.165) is 25.0 Å². The summed E-state index contributed by atoms with van der Waals surface area (Å²) in [7, 11) is 0. The highest BCUT2D eigenvalue weighted by atomic mass is 16.1. The van der Waals surface area contributed by atoms with E-state index >= 15 is 0 Å². The number of anilines is 1. The third-order valence-electron chi connectivity index (χ3n) is 4.21. The van der Waals surface area contributed by atoms with E-state index < -0.39 is 0 Å². The Morgan fingerprint density at radius 2 is 2.25 bits per heavy atom. The van der Waals surface area contributed by atoms with Gasteiger partial charge >= 0.3 is 0 Å². The molecule has 4 N–H and O–H groups in total. The summed E-state index contributed by atoms with van der Waals surface area (Å²) in [5.41, 5.74) is 4.16. The first-order valence-electron chi connectivity index (χ1n) is 7.24. The van der Waals surface area contributed by atoms with Crippen LogP contribution in [0.1, 0.15) is 56.1 Å². The normalized spacial score (nSPS) is 20.7. The quantitative estimate of drug-likeness (QED) is 0.582. The molecule has 1 aliphatic carbocycles. The Labute approximate surface area is 120 Å². The van der Waals surface area contributed by atoms with Crippen LogP contribution in [0, 0.1) is 5.41 Å². The van der Waals surface area contributed by atoms with Crippen molar-refractivity contribution in [2.45, 2.75) is 52.5 Å². The monoisotopic (exact) mass is 276 g/mol. The largest absolute Gasteiger partial charge is 0.349 e. The molecule has 1 heterocycles. The number of hydrogen-bond acceptors (Lipinski definition) is 4. The Kier molecular flexibility index (Phi) is 4.28. The Bertz CT molecular complexity index is 476. The maximum atomic E-state index is 12.4. The van der Waals surface area contributed by atoms with Crippen molar-refractivity contribution in [2.75, 3.05) is 5.43 Å². The molecule has 0 spiro atoms. The second kappa shape index (κ2) is 5.79. The number of carbonyl (C=O) groups excluding carboxylic acids is 1. The van der Waals surface area contributed by atoms with Gasteiger partial charge in [0, 0.05) is 17.3 Å². The first-order valence-corrected chi connectivity index (χ1v) is 7.24. The minimum Gasteiger partial charge on any atom is -0.349 e. The Morgan fingerprint density at radius 1 is 1.50 bits per heavy atom. The summed E-state index contributed by atoms with van der Waals surface area (Å²) in [5, 5.41) is 3.15. The van der Waals surface area contributed by atoms with E-state index in [2.05, 4.69) is 29.6 Å². The predicted molar refractivity (Wildman–Crippen MR) is 80.3 cm³/mol. The van der Waals surface area contributed by atoms with Gasteiger partial charge in [-0.3, -0.25) is 4.79 Å². The molecule has 1 fully saturated rings. The SMILES string of the molecule is CCc1cc(C(=O)NC2CCCC2(C)C)cc(NN)n1. The molecule has 0 radical (unpaired) electrons. The van der Waals surface area contributed by atoms with Gasteiger partial charge in [0.1, 0.15) is 5.82 Å². The van der Waals surface area contributed by atoms with Crippen LogP contribution in [0.3, 0.4) is 0 Å². The molecule has 5 nitrogen and oxygen atoms in total. The van der Waals surface area contributed by atoms with E-state index in [9.17, 15) is 4.79 Å². The highest BCUT2D eigenvalue weighted by molar-refractivity contribution is 5.95. The lowest BCUT2D eigenvalue weighted by Gasteiger charge is -2.27. The molecular formula is C15H24N4O. The summed E-state index contributed by atoms with van der Waals surface area (Å²) in [6.45, 7) is 6.42. The fourth-order valence-electron chi connectivity index (χ4n) is 2.81. The number of pyridine rings is 1. The zero-order valence-corrected chi connectivity index (χ0v) is 12.5.